The van der Waals surface area contributed by atoms with Crippen molar-refractivity contribution in [3.8, 4) is 0 Å². The molecule has 2 nitrogen and oxygen atoms in total. The van der Waals surface area contributed by atoms with E-state index >= 15 is 0 Å². The summed E-state index contributed by atoms with van der Waals surface area (Å²) in [5, 5.41) is 12.1. The zero-order valence-electron chi connectivity index (χ0n) is 8.26. The van der Waals surface area contributed by atoms with Crippen LogP contribution in [0.4, 0.5) is 0 Å². The smallest absolute Gasteiger partial charge is 0.205 e. The van der Waals surface area contributed by atoms with Crippen LogP contribution in [0.3, 0.4) is 0 Å². The molecule has 82 valence electrons. The zero-order valence-corrected chi connectivity index (χ0v) is 9.83. The van der Waals surface area contributed by atoms with Crippen LogP contribution in [0.5, 0.6) is 0 Å². The van der Waals surface area contributed by atoms with E-state index in [1.165, 1.54) is 11.3 Å². The number of hydrogen-bond donors (Lipinski definition) is 1. The maximum atomic E-state index is 11.9. The molecule has 0 radical (unpaired) electrons. The highest BCUT2D eigenvalue weighted by molar-refractivity contribution is 7.12. The Hall–Kier alpha value is -1.16. The highest BCUT2D eigenvalue weighted by atomic mass is 35.5. The number of Topliss-reactive ketones (excluding diaryl/α,β-unsaturated/α-hetero) is 1. The molecule has 0 fully saturated rings. The molecule has 0 bridgehead atoms. The summed E-state index contributed by atoms with van der Waals surface area (Å²) >= 11 is 7.22. The monoisotopic (exact) mass is 252 g/mol. The molecule has 0 aliphatic rings. The third-order valence-corrected chi connectivity index (χ3v) is 3.44. The van der Waals surface area contributed by atoms with E-state index in [0.717, 1.165) is 0 Å². The number of carbonyl (C=O) groups excluding carboxylic acids is 1. The molecule has 1 heterocycles. The quantitative estimate of drug-likeness (QED) is 0.851. The van der Waals surface area contributed by atoms with Crippen LogP contribution in [0.1, 0.15) is 21.3 Å². The van der Waals surface area contributed by atoms with Crippen molar-refractivity contribution in [2.75, 3.05) is 0 Å². The molecule has 2 rings (SSSR count). The zero-order chi connectivity index (χ0) is 11.5. The fraction of sp³-hybridized carbons (Fsp3) is 0.0833. The predicted octanol–water partition coefficient (Wildman–Crippen LogP) is 3.32. The molecule has 0 amide bonds. The van der Waals surface area contributed by atoms with E-state index in [0.29, 0.717) is 15.5 Å². The van der Waals surface area contributed by atoms with Crippen molar-refractivity contribution in [1.29, 1.82) is 0 Å². The average molecular weight is 253 g/mol. The molecule has 1 atom stereocenters. The molecule has 0 unspecified atom stereocenters. The van der Waals surface area contributed by atoms with Gasteiger partial charge in [0.15, 0.2) is 0 Å². The van der Waals surface area contributed by atoms with Crippen molar-refractivity contribution in [2.24, 2.45) is 0 Å². The molecule has 0 saturated heterocycles. The fourth-order valence-corrected chi connectivity index (χ4v) is 2.32. The second-order valence-electron chi connectivity index (χ2n) is 3.27. The number of thiophene rings is 1. The Kier molecular flexibility index (Phi) is 3.39. The van der Waals surface area contributed by atoms with Crippen molar-refractivity contribution in [1.82, 2.24) is 0 Å². The van der Waals surface area contributed by atoms with Gasteiger partial charge < -0.3 is 5.11 Å². The standard InChI is InChI=1S/C12H9ClO2S/c13-9-5-2-1-4-8(9)11(14)12(15)10-6-3-7-16-10/h1-7,11,14H/t11-/m1/s1. The topological polar surface area (TPSA) is 37.3 Å². The molecular formula is C12H9ClO2S. The Morgan fingerprint density at radius 3 is 2.62 bits per heavy atom. The van der Waals surface area contributed by atoms with Crippen LogP contribution in [0.2, 0.25) is 5.02 Å². The van der Waals surface area contributed by atoms with E-state index in [4.69, 9.17) is 11.6 Å². The van der Waals surface area contributed by atoms with Gasteiger partial charge >= 0.3 is 0 Å². The summed E-state index contributed by atoms with van der Waals surface area (Å²) < 4.78 is 0. The second-order valence-corrected chi connectivity index (χ2v) is 4.62. The van der Waals surface area contributed by atoms with Gasteiger partial charge in [-0.15, -0.1) is 11.3 Å². The number of aliphatic hydroxyl groups excluding tert-OH is 1. The molecule has 1 aromatic heterocycles. The van der Waals surface area contributed by atoms with Gasteiger partial charge in [-0.2, -0.15) is 0 Å². The third kappa shape index (κ3) is 2.16. The number of rotatable bonds is 3. The van der Waals surface area contributed by atoms with Gasteiger partial charge in [-0.05, 0) is 17.5 Å². The summed E-state index contributed by atoms with van der Waals surface area (Å²) in [7, 11) is 0. The van der Waals surface area contributed by atoms with Crippen LogP contribution < -0.4 is 0 Å². The number of carbonyl (C=O) groups is 1. The number of hydrogen-bond acceptors (Lipinski definition) is 3. The predicted molar refractivity (Wildman–Crippen MR) is 65.1 cm³/mol. The Bertz CT molecular complexity index is 493. The molecule has 4 heteroatoms. The normalized spacial score (nSPS) is 12.4. The molecule has 0 spiro atoms. The molecule has 16 heavy (non-hydrogen) atoms. The van der Waals surface area contributed by atoms with Crippen molar-refractivity contribution in [3.05, 3.63) is 57.2 Å². The van der Waals surface area contributed by atoms with Gasteiger partial charge in [-0.3, -0.25) is 4.79 Å². The molecule has 0 saturated carbocycles. The van der Waals surface area contributed by atoms with Gasteiger partial charge in [0, 0.05) is 10.6 Å². The van der Waals surface area contributed by atoms with Gasteiger partial charge in [-0.1, -0.05) is 35.9 Å². The van der Waals surface area contributed by atoms with Crippen molar-refractivity contribution in [2.45, 2.75) is 6.10 Å². The molecule has 0 aliphatic carbocycles. The maximum absolute atomic E-state index is 11.9. The van der Waals surface area contributed by atoms with Crippen LogP contribution in [0, 0.1) is 0 Å². The number of aliphatic hydroxyl groups is 1. The summed E-state index contributed by atoms with van der Waals surface area (Å²) in [6.45, 7) is 0. The van der Waals surface area contributed by atoms with Crippen molar-refractivity contribution < 1.29 is 9.90 Å². The third-order valence-electron chi connectivity index (χ3n) is 2.21. The maximum Gasteiger partial charge on any atom is 0.205 e. The van der Waals surface area contributed by atoms with E-state index < -0.39 is 6.10 Å². The summed E-state index contributed by atoms with van der Waals surface area (Å²) in [4.78, 5) is 12.4. The highest BCUT2D eigenvalue weighted by Gasteiger charge is 2.21. The van der Waals surface area contributed by atoms with Crippen LogP contribution in [-0.2, 0) is 0 Å². The summed E-state index contributed by atoms with van der Waals surface area (Å²) in [5.41, 5.74) is 0.447. The van der Waals surface area contributed by atoms with Crippen LogP contribution >= 0.6 is 22.9 Å². The molecule has 0 aliphatic heterocycles. The van der Waals surface area contributed by atoms with E-state index in [1.54, 1.807) is 41.8 Å². The van der Waals surface area contributed by atoms with Gasteiger partial charge in [0.2, 0.25) is 5.78 Å². The van der Waals surface area contributed by atoms with Crippen LogP contribution in [0.25, 0.3) is 0 Å². The van der Waals surface area contributed by atoms with Crippen LogP contribution in [-0.4, -0.2) is 10.9 Å². The van der Waals surface area contributed by atoms with Gasteiger partial charge in [-0.25, -0.2) is 0 Å². The Balaban J connectivity index is 2.30. The lowest BCUT2D eigenvalue weighted by Gasteiger charge is -2.10. The van der Waals surface area contributed by atoms with Crippen LogP contribution in [0.15, 0.2) is 41.8 Å². The van der Waals surface area contributed by atoms with Gasteiger partial charge in [0.1, 0.15) is 6.10 Å². The fourth-order valence-electron chi connectivity index (χ4n) is 1.39. The Morgan fingerprint density at radius 2 is 2.00 bits per heavy atom. The van der Waals surface area contributed by atoms with Crippen molar-refractivity contribution >= 4 is 28.7 Å². The summed E-state index contributed by atoms with van der Waals surface area (Å²) in [5.74, 6) is -0.317. The number of benzene rings is 1. The summed E-state index contributed by atoms with van der Waals surface area (Å²) in [6, 6.07) is 10.3. The summed E-state index contributed by atoms with van der Waals surface area (Å²) in [6.07, 6.45) is -1.19. The Morgan fingerprint density at radius 1 is 1.25 bits per heavy atom. The van der Waals surface area contributed by atoms with Crippen molar-refractivity contribution in [3.63, 3.8) is 0 Å². The molecule has 2 aromatic rings. The first-order valence-electron chi connectivity index (χ1n) is 4.70. The second kappa shape index (κ2) is 4.78. The minimum Gasteiger partial charge on any atom is -0.380 e. The van der Waals surface area contributed by atoms with E-state index in [1.807, 2.05) is 0 Å². The minimum atomic E-state index is -1.19. The lowest BCUT2D eigenvalue weighted by Crippen LogP contribution is -2.11. The minimum absolute atomic E-state index is 0.317. The first kappa shape index (κ1) is 11.3. The SMILES string of the molecule is O=C(c1cccs1)[C@H](O)c1ccccc1Cl. The lowest BCUT2D eigenvalue weighted by atomic mass is 10.0. The average Bonchev–Trinajstić information content (AvgIpc) is 2.81. The Labute approximate surface area is 102 Å². The first-order chi connectivity index (χ1) is 7.70. The van der Waals surface area contributed by atoms with E-state index in [9.17, 15) is 9.90 Å². The molecule has 1 aromatic carbocycles. The first-order valence-corrected chi connectivity index (χ1v) is 5.96. The highest BCUT2D eigenvalue weighted by Crippen LogP contribution is 2.26. The molecular weight excluding hydrogens is 244 g/mol. The van der Waals surface area contributed by atoms with E-state index in [-0.39, 0.29) is 5.78 Å². The largest absolute Gasteiger partial charge is 0.380 e. The lowest BCUT2D eigenvalue weighted by molar-refractivity contribution is 0.0752. The number of ketones is 1. The van der Waals surface area contributed by atoms with Gasteiger partial charge in [0.05, 0.1) is 4.88 Å². The number of halogens is 1. The van der Waals surface area contributed by atoms with Gasteiger partial charge in [0.25, 0.3) is 0 Å². The molecule has 1 N–H and O–H groups in total. The van der Waals surface area contributed by atoms with E-state index in [2.05, 4.69) is 0 Å².